The third kappa shape index (κ3) is 4.30. The van der Waals surface area contributed by atoms with E-state index in [0.29, 0.717) is 29.6 Å². The molecule has 3 rings (SSSR count). The maximum atomic E-state index is 12.2. The molecule has 0 saturated heterocycles. The maximum Gasteiger partial charge on any atom is 0.230 e. The molecule has 0 fully saturated rings. The lowest BCUT2D eigenvalue weighted by Crippen LogP contribution is -2.27. The van der Waals surface area contributed by atoms with Gasteiger partial charge in [-0.3, -0.25) is 4.79 Å². The Labute approximate surface area is 153 Å². The third-order valence-electron chi connectivity index (χ3n) is 4.14. The van der Waals surface area contributed by atoms with Crippen molar-refractivity contribution in [2.45, 2.75) is 19.8 Å². The molecule has 0 spiro atoms. The number of oxazole rings is 1. The zero-order chi connectivity index (χ0) is 18.4. The van der Waals surface area contributed by atoms with Crippen LogP contribution in [-0.2, 0) is 17.6 Å². The first-order valence-electron chi connectivity index (χ1n) is 8.57. The van der Waals surface area contributed by atoms with Crippen LogP contribution >= 0.6 is 0 Å². The Hall–Kier alpha value is -3.08. The summed E-state index contributed by atoms with van der Waals surface area (Å²) in [4.78, 5) is 16.7. The predicted molar refractivity (Wildman–Crippen MR) is 100 cm³/mol. The zero-order valence-corrected chi connectivity index (χ0v) is 15.0. The Bertz CT molecular complexity index is 872. The summed E-state index contributed by atoms with van der Waals surface area (Å²) in [6, 6.07) is 17.6. The number of hydrogen-bond donors (Lipinski definition) is 1. The van der Waals surface area contributed by atoms with Crippen molar-refractivity contribution >= 4 is 5.91 Å². The minimum atomic E-state index is -0.0658. The van der Waals surface area contributed by atoms with Gasteiger partial charge in [0.1, 0.15) is 11.5 Å². The van der Waals surface area contributed by atoms with E-state index in [-0.39, 0.29) is 12.3 Å². The summed E-state index contributed by atoms with van der Waals surface area (Å²) in [5, 5.41) is 2.93. The summed E-state index contributed by atoms with van der Waals surface area (Å²) in [6.45, 7) is 2.41. The van der Waals surface area contributed by atoms with Gasteiger partial charge in [-0.1, -0.05) is 42.5 Å². The largest absolute Gasteiger partial charge is 0.496 e. The number of para-hydroxylation sites is 1. The lowest BCUT2D eigenvalue weighted by molar-refractivity contribution is -0.120. The molecule has 0 radical (unpaired) electrons. The van der Waals surface area contributed by atoms with E-state index in [1.165, 1.54) is 5.56 Å². The van der Waals surface area contributed by atoms with Gasteiger partial charge in [-0.2, -0.15) is 0 Å². The van der Waals surface area contributed by atoms with Crippen LogP contribution in [0.4, 0.5) is 0 Å². The second-order valence-corrected chi connectivity index (χ2v) is 5.98. The number of ether oxygens (including phenoxy) is 1. The van der Waals surface area contributed by atoms with Crippen LogP contribution in [-0.4, -0.2) is 24.5 Å². The lowest BCUT2D eigenvalue weighted by atomic mass is 10.1. The van der Waals surface area contributed by atoms with Crippen LogP contribution in [0.5, 0.6) is 5.75 Å². The average Bonchev–Trinajstić information content (AvgIpc) is 3.03. The summed E-state index contributed by atoms with van der Waals surface area (Å²) in [6.07, 6.45) is 0.996. The fourth-order valence-corrected chi connectivity index (χ4v) is 2.73. The number of methoxy groups -OCH3 is 1. The van der Waals surface area contributed by atoms with Gasteiger partial charge in [0.2, 0.25) is 11.8 Å². The van der Waals surface area contributed by atoms with Crippen LogP contribution in [0.15, 0.2) is 59.0 Å². The number of carbonyl (C=O) groups is 1. The van der Waals surface area contributed by atoms with Crippen LogP contribution < -0.4 is 10.1 Å². The smallest absolute Gasteiger partial charge is 0.230 e. The molecule has 0 atom stereocenters. The number of hydrogen-bond acceptors (Lipinski definition) is 4. The van der Waals surface area contributed by atoms with Gasteiger partial charge in [0.25, 0.3) is 0 Å². The molecule has 5 heteroatoms. The molecular weight excluding hydrogens is 328 g/mol. The van der Waals surface area contributed by atoms with E-state index in [1.54, 1.807) is 7.11 Å². The summed E-state index contributed by atoms with van der Waals surface area (Å²) >= 11 is 0. The first-order chi connectivity index (χ1) is 12.7. The van der Waals surface area contributed by atoms with Gasteiger partial charge < -0.3 is 14.5 Å². The molecule has 3 aromatic rings. The maximum absolute atomic E-state index is 12.2. The van der Waals surface area contributed by atoms with E-state index >= 15 is 0 Å². The molecule has 0 aliphatic heterocycles. The van der Waals surface area contributed by atoms with E-state index in [9.17, 15) is 4.79 Å². The second kappa shape index (κ2) is 8.34. The van der Waals surface area contributed by atoms with Gasteiger partial charge in [-0.25, -0.2) is 4.98 Å². The molecule has 2 aromatic carbocycles. The number of aromatic nitrogens is 1. The van der Waals surface area contributed by atoms with Gasteiger partial charge in [0.15, 0.2) is 0 Å². The number of carbonyl (C=O) groups excluding carboxylic acids is 1. The van der Waals surface area contributed by atoms with Crippen LogP contribution in [0.2, 0.25) is 0 Å². The molecule has 134 valence electrons. The standard InChI is InChI=1S/C21H22N2O3/c1-15-18(14-20(24)22-13-12-16-8-4-3-5-9-16)23-21(26-15)17-10-6-7-11-19(17)25-2/h3-11H,12-14H2,1-2H3,(H,22,24). The van der Waals surface area contributed by atoms with E-state index in [0.717, 1.165) is 12.0 Å². The average molecular weight is 350 g/mol. The minimum absolute atomic E-state index is 0.0658. The highest BCUT2D eigenvalue weighted by molar-refractivity contribution is 5.78. The Kier molecular flexibility index (Phi) is 5.69. The molecule has 1 aromatic heterocycles. The van der Waals surface area contributed by atoms with Gasteiger partial charge in [-0.15, -0.1) is 0 Å². The first-order valence-corrected chi connectivity index (χ1v) is 8.57. The lowest BCUT2D eigenvalue weighted by Gasteiger charge is -2.04. The topological polar surface area (TPSA) is 64.4 Å². The molecule has 1 N–H and O–H groups in total. The van der Waals surface area contributed by atoms with Crippen LogP contribution in [0.1, 0.15) is 17.0 Å². The molecule has 0 saturated carbocycles. The highest BCUT2D eigenvalue weighted by Gasteiger charge is 2.16. The zero-order valence-electron chi connectivity index (χ0n) is 15.0. The minimum Gasteiger partial charge on any atom is -0.496 e. The van der Waals surface area contributed by atoms with Crippen molar-refractivity contribution in [2.24, 2.45) is 0 Å². The van der Waals surface area contributed by atoms with Gasteiger partial charge in [0.05, 0.1) is 24.8 Å². The molecule has 0 unspecified atom stereocenters. The molecule has 5 nitrogen and oxygen atoms in total. The highest BCUT2D eigenvalue weighted by Crippen LogP contribution is 2.30. The third-order valence-corrected chi connectivity index (χ3v) is 4.14. The van der Waals surface area contributed by atoms with Crippen molar-refractivity contribution < 1.29 is 13.9 Å². The normalized spacial score (nSPS) is 10.5. The van der Waals surface area contributed by atoms with Crippen LogP contribution in [0, 0.1) is 6.92 Å². The van der Waals surface area contributed by atoms with Gasteiger partial charge in [0, 0.05) is 6.54 Å². The fourth-order valence-electron chi connectivity index (χ4n) is 2.73. The molecule has 0 aliphatic rings. The van der Waals surface area contributed by atoms with Gasteiger partial charge >= 0.3 is 0 Å². The van der Waals surface area contributed by atoms with Crippen molar-refractivity contribution in [1.29, 1.82) is 0 Å². The molecule has 0 bridgehead atoms. The van der Waals surface area contributed by atoms with E-state index in [4.69, 9.17) is 9.15 Å². The predicted octanol–water partition coefficient (Wildman–Crippen LogP) is 3.56. The summed E-state index contributed by atoms with van der Waals surface area (Å²) < 4.78 is 11.1. The fraction of sp³-hybridized carbons (Fsp3) is 0.238. The Morgan fingerprint density at radius 2 is 1.85 bits per heavy atom. The highest BCUT2D eigenvalue weighted by atomic mass is 16.5. The van der Waals surface area contributed by atoms with Crippen LogP contribution in [0.25, 0.3) is 11.5 Å². The number of rotatable bonds is 7. The van der Waals surface area contributed by atoms with Crippen molar-refractivity contribution in [1.82, 2.24) is 10.3 Å². The van der Waals surface area contributed by atoms with Gasteiger partial charge in [-0.05, 0) is 31.0 Å². The molecule has 1 heterocycles. The monoisotopic (exact) mass is 350 g/mol. The number of amides is 1. The SMILES string of the molecule is COc1ccccc1-c1nc(CC(=O)NCCc2ccccc2)c(C)o1. The molecule has 26 heavy (non-hydrogen) atoms. The molecule has 1 amide bonds. The number of nitrogens with zero attached hydrogens (tertiary/aromatic N) is 1. The summed E-state index contributed by atoms with van der Waals surface area (Å²) in [5.74, 6) is 1.73. The van der Waals surface area contributed by atoms with Crippen molar-refractivity contribution in [3.8, 4) is 17.2 Å². The molecule has 0 aliphatic carbocycles. The van der Waals surface area contributed by atoms with Crippen LogP contribution in [0.3, 0.4) is 0 Å². The summed E-state index contributed by atoms with van der Waals surface area (Å²) in [5.41, 5.74) is 2.61. The number of nitrogens with one attached hydrogen (secondary N) is 1. The van der Waals surface area contributed by atoms with E-state index in [2.05, 4.69) is 10.3 Å². The quantitative estimate of drug-likeness (QED) is 0.708. The van der Waals surface area contributed by atoms with E-state index < -0.39 is 0 Å². The summed E-state index contributed by atoms with van der Waals surface area (Å²) in [7, 11) is 1.61. The first kappa shape index (κ1) is 17.7. The van der Waals surface area contributed by atoms with E-state index in [1.807, 2.05) is 61.5 Å². The van der Waals surface area contributed by atoms with Crippen molar-refractivity contribution in [3.63, 3.8) is 0 Å². The Morgan fingerprint density at radius 3 is 2.62 bits per heavy atom. The number of aryl methyl sites for hydroxylation is 1. The second-order valence-electron chi connectivity index (χ2n) is 5.98. The van der Waals surface area contributed by atoms with Crippen molar-refractivity contribution in [3.05, 3.63) is 71.6 Å². The molecular formula is C21H22N2O3. The Morgan fingerprint density at radius 1 is 1.12 bits per heavy atom. The Balaban J connectivity index is 1.61. The number of benzene rings is 2. The van der Waals surface area contributed by atoms with Crippen molar-refractivity contribution in [2.75, 3.05) is 13.7 Å².